The van der Waals surface area contributed by atoms with Gasteiger partial charge in [-0.1, -0.05) is 18.2 Å². The van der Waals surface area contributed by atoms with Gasteiger partial charge in [-0.15, -0.1) is 11.3 Å². The van der Waals surface area contributed by atoms with Crippen LogP contribution in [0.15, 0.2) is 46.3 Å². The number of fused-ring (bicyclic) bond motifs is 1. The molecule has 2 heterocycles. The van der Waals surface area contributed by atoms with Gasteiger partial charge in [-0.25, -0.2) is 9.78 Å². The molecule has 0 spiro atoms. The minimum atomic E-state index is -1.11. The molecule has 0 bridgehead atoms. The fourth-order valence-electron chi connectivity index (χ4n) is 1.99. The van der Waals surface area contributed by atoms with E-state index in [1.54, 1.807) is 30.3 Å². The third-order valence-electron chi connectivity index (χ3n) is 2.98. The molecule has 0 unspecified atom stereocenters. The molecule has 0 aliphatic rings. The molecule has 0 fully saturated rings. The standard InChI is InChI=1S/C15H9BrN2O3S/c16-12-7-6-11(22-12)14(19)18-9-3-1-2-8-4-5-10(15(20)21)17-13(8)9/h1-7H,(H,18,19)(H,20,21). The first kappa shape index (κ1) is 14.7. The number of amides is 1. The van der Waals surface area contributed by atoms with Crippen LogP contribution in [0.25, 0.3) is 10.9 Å². The molecule has 5 nitrogen and oxygen atoms in total. The summed E-state index contributed by atoms with van der Waals surface area (Å²) in [6.45, 7) is 0. The van der Waals surface area contributed by atoms with Crippen molar-refractivity contribution in [2.24, 2.45) is 0 Å². The van der Waals surface area contributed by atoms with Crippen LogP contribution in [0, 0.1) is 0 Å². The van der Waals surface area contributed by atoms with E-state index in [-0.39, 0.29) is 11.6 Å². The molecule has 0 atom stereocenters. The van der Waals surface area contributed by atoms with Crippen molar-refractivity contribution < 1.29 is 14.7 Å². The summed E-state index contributed by atoms with van der Waals surface area (Å²) in [5.41, 5.74) is 0.870. The molecule has 110 valence electrons. The summed E-state index contributed by atoms with van der Waals surface area (Å²) in [7, 11) is 0. The van der Waals surface area contributed by atoms with E-state index in [1.807, 2.05) is 6.07 Å². The minimum absolute atomic E-state index is 0.0620. The number of aromatic nitrogens is 1. The maximum Gasteiger partial charge on any atom is 0.354 e. The lowest BCUT2D eigenvalue weighted by atomic mass is 10.1. The summed E-state index contributed by atoms with van der Waals surface area (Å²) >= 11 is 4.63. The molecule has 2 aromatic heterocycles. The highest BCUT2D eigenvalue weighted by Crippen LogP contribution is 2.25. The van der Waals surface area contributed by atoms with Crippen LogP contribution in [0.2, 0.25) is 0 Å². The number of rotatable bonds is 3. The number of carbonyl (C=O) groups is 2. The van der Waals surface area contributed by atoms with Gasteiger partial charge in [-0.3, -0.25) is 4.79 Å². The lowest BCUT2D eigenvalue weighted by Crippen LogP contribution is -2.11. The highest BCUT2D eigenvalue weighted by Gasteiger charge is 2.13. The van der Waals surface area contributed by atoms with E-state index in [1.165, 1.54) is 17.4 Å². The van der Waals surface area contributed by atoms with Crippen LogP contribution >= 0.6 is 27.3 Å². The third kappa shape index (κ3) is 2.86. The zero-order valence-corrected chi connectivity index (χ0v) is 13.4. The van der Waals surface area contributed by atoms with Crippen LogP contribution in [0.3, 0.4) is 0 Å². The number of para-hydroxylation sites is 1. The average Bonchev–Trinajstić information content (AvgIpc) is 2.94. The Morgan fingerprint density at radius 3 is 2.64 bits per heavy atom. The Labute approximate surface area is 137 Å². The molecule has 0 saturated carbocycles. The average molecular weight is 377 g/mol. The highest BCUT2D eigenvalue weighted by molar-refractivity contribution is 9.11. The molecule has 3 rings (SSSR count). The summed E-state index contributed by atoms with van der Waals surface area (Å²) < 4.78 is 0.863. The van der Waals surface area contributed by atoms with Crippen LogP contribution in [0.4, 0.5) is 5.69 Å². The Morgan fingerprint density at radius 1 is 1.14 bits per heavy atom. The fraction of sp³-hybridized carbons (Fsp3) is 0. The van der Waals surface area contributed by atoms with Crippen molar-refractivity contribution in [3.8, 4) is 0 Å². The maximum absolute atomic E-state index is 12.2. The summed E-state index contributed by atoms with van der Waals surface area (Å²) in [5, 5.41) is 12.6. The van der Waals surface area contributed by atoms with Gasteiger partial charge in [0, 0.05) is 5.39 Å². The van der Waals surface area contributed by atoms with Crippen molar-refractivity contribution in [2.75, 3.05) is 5.32 Å². The molecule has 1 aromatic carbocycles. The molecule has 0 aliphatic carbocycles. The second kappa shape index (κ2) is 5.86. The van der Waals surface area contributed by atoms with Crippen LogP contribution in [0.5, 0.6) is 0 Å². The molecule has 0 saturated heterocycles. The van der Waals surface area contributed by atoms with Gasteiger partial charge in [0.15, 0.2) is 0 Å². The predicted octanol–water partition coefficient (Wildman–Crippen LogP) is 4.01. The molecule has 2 N–H and O–H groups in total. The zero-order valence-electron chi connectivity index (χ0n) is 11.0. The molecule has 22 heavy (non-hydrogen) atoms. The van der Waals surface area contributed by atoms with Crippen LogP contribution in [-0.2, 0) is 0 Å². The van der Waals surface area contributed by atoms with Crippen LogP contribution in [0.1, 0.15) is 20.2 Å². The van der Waals surface area contributed by atoms with Gasteiger partial charge in [0.2, 0.25) is 0 Å². The quantitative estimate of drug-likeness (QED) is 0.723. The summed E-state index contributed by atoms with van der Waals surface area (Å²) in [6, 6.07) is 11.9. The Bertz CT molecular complexity index is 891. The largest absolute Gasteiger partial charge is 0.477 e. The predicted molar refractivity (Wildman–Crippen MR) is 88.7 cm³/mol. The van der Waals surface area contributed by atoms with E-state index in [4.69, 9.17) is 5.11 Å². The van der Waals surface area contributed by atoms with Crippen molar-refractivity contribution >= 4 is 55.7 Å². The molecule has 0 radical (unpaired) electrons. The molecule has 1 amide bonds. The number of benzene rings is 1. The first-order valence-corrected chi connectivity index (χ1v) is 7.85. The lowest BCUT2D eigenvalue weighted by molar-refractivity contribution is 0.0691. The third-order valence-corrected chi connectivity index (χ3v) is 4.61. The highest BCUT2D eigenvalue weighted by atomic mass is 79.9. The zero-order chi connectivity index (χ0) is 15.7. The molecular weight excluding hydrogens is 368 g/mol. The van der Waals surface area contributed by atoms with E-state index in [0.29, 0.717) is 16.1 Å². The number of carboxylic acids is 1. The van der Waals surface area contributed by atoms with Gasteiger partial charge in [-0.05, 0) is 40.2 Å². The van der Waals surface area contributed by atoms with Crippen molar-refractivity contribution in [3.05, 3.63) is 56.8 Å². The fourth-order valence-corrected chi connectivity index (χ4v) is 3.27. The number of hydrogen-bond donors (Lipinski definition) is 2. The topological polar surface area (TPSA) is 79.3 Å². The van der Waals surface area contributed by atoms with Gasteiger partial charge in [-0.2, -0.15) is 0 Å². The normalized spacial score (nSPS) is 10.6. The first-order chi connectivity index (χ1) is 10.5. The van der Waals surface area contributed by atoms with E-state index in [0.717, 1.165) is 9.17 Å². The summed E-state index contributed by atoms with van der Waals surface area (Å²) in [4.78, 5) is 27.9. The van der Waals surface area contributed by atoms with E-state index in [2.05, 4.69) is 26.2 Å². The number of nitrogens with one attached hydrogen (secondary N) is 1. The van der Waals surface area contributed by atoms with Gasteiger partial charge in [0.1, 0.15) is 5.69 Å². The first-order valence-electron chi connectivity index (χ1n) is 6.24. The molecule has 3 aromatic rings. The van der Waals surface area contributed by atoms with E-state index in [9.17, 15) is 9.59 Å². The molecule has 0 aliphatic heterocycles. The number of carbonyl (C=O) groups excluding carboxylic acids is 1. The second-order valence-electron chi connectivity index (χ2n) is 4.44. The van der Waals surface area contributed by atoms with E-state index >= 15 is 0 Å². The Balaban J connectivity index is 2.01. The van der Waals surface area contributed by atoms with Gasteiger partial charge in [0.05, 0.1) is 19.9 Å². The van der Waals surface area contributed by atoms with Crippen molar-refractivity contribution in [1.82, 2.24) is 4.98 Å². The van der Waals surface area contributed by atoms with Gasteiger partial charge < -0.3 is 10.4 Å². The molecular formula is C15H9BrN2O3S. The monoisotopic (exact) mass is 376 g/mol. The van der Waals surface area contributed by atoms with Crippen LogP contribution in [-0.4, -0.2) is 22.0 Å². The maximum atomic E-state index is 12.2. The summed E-state index contributed by atoms with van der Waals surface area (Å²) in [6.07, 6.45) is 0. The summed E-state index contributed by atoms with van der Waals surface area (Å²) in [5.74, 6) is -1.36. The Morgan fingerprint density at radius 2 is 1.95 bits per heavy atom. The van der Waals surface area contributed by atoms with Gasteiger partial charge in [0.25, 0.3) is 5.91 Å². The number of thiophene rings is 1. The second-order valence-corrected chi connectivity index (χ2v) is 6.90. The number of nitrogens with zero attached hydrogens (tertiary/aromatic N) is 1. The Hall–Kier alpha value is -2.25. The number of halogens is 1. The molecule has 7 heteroatoms. The number of hydrogen-bond acceptors (Lipinski definition) is 4. The number of pyridine rings is 1. The van der Waals surface area contributed by atoms with Crippen molar-refractivity contribution in [1.29, 1.82) is 0 Å². The van der Waals surface area contributed by atoms with Crippen LogP contribution < -0.4 is 5.32 Å². The van der Waals surface area contributed by atoms with E-state index < -0.39 is 5.97 Å². The minimum Gasteiger partial charge on any atom is -0.477 e. The number of carboxylic acid groups (broad SMARTS) is 1. The van der Waals surface area contributed by atoms with Crippen molar-refractivity contribution in [2.45, 2.75) is 0 Å². The SMILES string of the molecule is O=C(O)c1ccc2cccc(NC(=O)c3ccc(Br)s3)c2n1. The van der Waals surface area contributed by atoms with Crippen molar-refractivity contribution in [3.63, 3.8) is 0 Å². The number of aromatic carboxylic acids is 1. The smallest absolute Gasteiger partial charge is 0.354 e. The number of anilines is 1. The lowest BCUT2D eigenvalue weighted by Gasteiger charge is -2.07. The Kier molecular flexibility index (Phi) is 3.91. The van der Waals surface area contributed by atoms with Gasteiger partial charge >= 0.3 is 5.97 Å².